The summed E-state index contributed by atoms with van der Waals surface area (Å²) in [5, 5.41) is 12.3. The molecule has 0 atom stereocenters. The van der Waals surface area contributed by atoms with E-state index >= 15 is 0 Å². The van der Waals surface area contributed by atoms with Gasteiger partial charge in [0.05, 0.1) is 0 Å². The first-order valence-corrected chi connectivity index (χ1v) is 4.37. The first kappa shape index (κ1) is 10.3. The minimum atomic E-state index is 0.238. The van der Waals surface area contributed by atoms with Crippen molar-refractivity contribution in [3.8, 4) is 5.75 Å². The molecule has 3 heteroatoms. The molecule has 3 nitrogen and oxygen atoms in total. The molecule has 1 amide bonds. The number of allylic oxidation sites excluding steroid dienone is 1. The van der Waals surface area contributed by atoms with Gasteiger partial charge in [0, 0.05) is 12.1 Å². The number of hydrogen-bond donors (Lipinski definition) is 2. The van der Waals surface area contributed by atoms with E-state index in [1.807, 2.05) is 12.1 Å². The van der Waals surface area contributed by atoms with Crippen molar-refractivity contribution in [2.75, 3.05) is 0 Å². The second-order valence-electron chi connectivity index (χ2n) is 2.92. The van der Waals surface area contributed by atoms with E-state index in [4.69, 9.17) is 0 Å². The third-order valence-electron chi connectivity index (χ3n) is 1.94. The molecule has 0 heterocycles. The van der Waals surface area contributed by atoms with Gasteiger partial charge in [-0.15, -0.1) is 6.58 Å². The van der Waals surface area contributed by atoms with Crippen molar-refractivity contribution in [1.82, 2.24) is 5.32 Å². The van der Waals surface area contributed by atoms with Gasteiger partial charge in [-0.3, -0.25) is 4.79 Å². The molecule has 0 radical (unpaired) electrons. The van der Waals surface area contributed by atoms with Crippen LogP contribution in [0.25, 0.3) is 0 Å². The summed E-state index contributed by atoms with van der Waals surface area (Å²) in [6, 6.07) is 5.46. The summed E-state index contributed by atoms with van der Waals surface area (Å²) in [6.07, 6.45) is 2.96. The number of carbonyl (C=O) groups excluding carboxylic acids is 1. The molecule has 0 aliphatic rings. The summed E-state index contributed by atoms with van der Waals surface area (Å²) in [5.41, 5.74) is 1.54. The van der Waals surface area contributed by atoms with Crippen molar-refractivity contribution in [3.05, 3.63) is 42.0 Å². The minimum Gasteiger partial charge on any atom is -0.507 e. The summed E-state index contributed by atoms with van der Waals surface area (Å²) in [4.78, 5) is 10.1. The Morgan fingerprint density at radius 2 is 2.14 bits per heavy atom. The number of phenols is 1. The molecule has 0 aliphatic carbocycles. The SMILES string of the molecule is C=CCc1cccc(CNC=O)c1O. The maximum absolute atomic E-state index is 10.1. The molecule has 0 saturated carbocycles. The molecule has 74 valence electrons. The lowest BCUT2D eigenvalue weighted by Gasteiger charge is -2.07. The number of phenolic OH excluding ortho intramolecular Hbond substituents is 1. The maximum Gasteiger partial charge on any atom is 0.207 e. The predicted molar refractivity (Wildman–Crippen MR) is 54.9 cm³/mol. The summed E-state index contributed by atoms with van der Waals surface area (Å²) >= 11 is 0. The molecular formula is C11H13NO2. The fourth-order valence-corrected chi connectivity index (χ4v) is 1.26. The zero-order chi connectivity index (χ0) is 10.4. The fraction of sp³-hybridized carbons (Fsp3) is 0.182. The highest BCUT2D eigenvalue weighted by Gasteiger charge is 2.04. The summed E-state index contributed by atoms with van der Waals surface area (Å²) in [5.74, 6) is 0.238. The van der Waals surface area contributed by atoms with E-state index in [9.17, 15) is 9.90 Å². The van der Waals surface area contributed by atoms with Crippen molar-refractivity contribution >= 4 is 6.41 Å². The van der Waals surface area contributed by atoms with Crippen LogP contribution in [0, 0.1) is 0 Å². The number of nitrogens with one attached hydrogen (secondary N) is 1. The van der Waals surface area contributed by atoms with Crippen LogP contribution in [-0.4, -0.2) is 11.5 Å². The van der Waals surface area contributed by atoms with Crippen molar-refractivity contribution in [2.24, 2.45) is 0 Å². The van der Waals surface area contributed by atoms with E-state index in [1.165, 1.54) is 0 Å². The molecule has 0 spiro atoms. The standard InChI is InChI=1S/C11H13NO2/c1-2-4-9-5-3-6-10(11(9)14)7-12-8-13/h2-3,5-6,8,14H,1,4,7H2,(H,12,13). The second kappa shape index (κ2) is 5.07. The van der Waals surface area contributed by atoms with E-state index in [2.05, 4.69) is 11.9 Å². The number of benzene rings is 1. The molecule has 0 aromatic heterocycles. The van der Waals surface area contributed by atoms with Crippen LogP contribution in [0.5, 0.6) is 5.75 Å². The number of hydrogen-bond acceptors (Lipinski definition) is 2. The van der Waals surface area contributed by atoms with Crippen LogP contribution in [0.1, 0.15) is 11.1 Å². The highest BCUT2D eigenvalue weighted by Crippen LogP contribution is 2.22. The van der Waals surface area contributed by atoms with Crippen LogP contribution in [0.3, 0.4) is 0 Å². The quantitative estimate of drug-likeness (QED) is 0.545. The highest BCUT2D eigenvalue weighted by molar-refractivity contribution is 5.48. The Bertz CT molecular complexity index is 334. The number of carbonyl (C=O) groups is 1. The fourth-order valence-electron chi connectivity index (χ4n) is 1.26. The van der Waals surface area contributed by atoms with E-state index in [1.54, 1.807) is 12.1 Å². The van der Waals surface area contributed by atoms with E-state index in [0.717, 1.165) is 11.1 Å². The molecular weight excluding hydrogens is 178 g/mol. The normalized spacial score (nSPS) is 9.43. The van der Waals surface area contributed by atoms with Crippen LogP contribution in [0.4, 0.5) is 0 Å². The number of rotatable bonds is 5. The van der Waals surface area contributed by atoms with Gasteiger partial charge in [-0.25, -0.2) is 0 Å². The molecule has 0 bridgehead atoms. The van der Waals surface area contributed by atoms with Crippen molar-refractivity contribution in [3.63, 3.8) is 0 Å². The Hall–Kier alpha value is -1.77. The molecule has 0 aliphatic heterocycles. The second-order valence-corrected chi connectivity index (χ2v) is 2.92. The molecule has 1 aromatic carbocycles. The van der Waals surface area contributed by atoms with Crippen molar-refractivity contribution in [1.29, 1.82) is 0 Å². The van der Waals surface area contributed by atoms with Gasteiger partial charge in [0.2, 0.25) is 6.41 Å². The monoisotopic (exact) mass is 191 g/mol. The van der Waals surface area contributed by atoms with Gasteiger partial charge in [-0.05, 0) is 12.0 Å². The largest absolute Gasteiger partial charge is 0.507 e. The van der Waals surface area contributed by atoms with Gasteiger partial charge in [0.1, 0.15) is 5.75 Å². The molecule has 0 unspecified atom stereocenters. The lowest BCUT2D eigenvalue weighted by atomic mass is 10.1. The van der Waals surface area contributed by atoms with Crippen molar-refractivity contribution < 1.29 is 9.90 Å². The number of aromatic hydroxyl groups is 1. The Kier molecular flexibility index (Phi) is 3.73. The topological polar surface area (TPSA) is 49.3 Å². The Labute approximate surface area is 83.1 Å². The van der Waals surface area contributed by atoms with Gasteiger partial charge >= 0.3 is 0 Å². The molecule has 0 fully saturated rings. The Balaban J connectivity index is 2.88. The summed E-state index contributed by atoms with van der Waals surface area (Å²) < 4.78 is 0. The van der Waals surface area contributed by atoms with Crippen LogP contribution in [-0.2, 0) is 17.8 Å². The first-order chi connectivity index (χ1) is 6.79. The zero-order valence-corrected chi connectivity index (χ0v) is 7.86. The Morgan fingerprint density at radius 1 is 1.43 bits per heavy atom. The van der Waals surface area contributed by atoms with E-state index in [0.29, 0.717) is 19.4 Å². The van der Waals surface area contributed by atoms with E-state index in [-0.39, 0.29) is 5.75 Å². The highest BCUT2D eigenvalue weighted by atomic mass is 16.3. The molecule has 2 N–H and O–H groups in total. The van der Waals surface area contributed by atoms with Gasteiger partial charge in [0.15, 0.2) is 0 Å². The summed E-state index contributed by atoms with van der Waals surface area (Å²) in [6.45, 7) is 3.95. The van der Waals surface area contributed by atoms with Crippen LogP contribution in [0.15, 0.2) is 30.9 Å². The van der Waals surface area contributed by atoms with Crippen molar-refractivity contribution in [2.45, 2.75) is 13.0 Å². The first-order valence-electron chi connectivity index (χ1n) is 4.37. The molecule has 0 saturated heterocycles. The van der Waals surface area contributed by atoms with E-state index < -0.39 is 0 Å². The summed E-state index contributed by atoms with van der Waals surface area (Å²) in [7, 11) is 0. The number of amides is 1. The smallest absolute Gasteiger partial charge is 0.207 e. The van der Waals surface area contributed by atoms with Gasteiger partial charge in [-0.2, -0.15) is 0 Å². The Morgan fingerprint density at radius 3 is 2.79 bits per heavy atom. The third kappa shape index (κ3) is 2.36. The van der Waals surface area contributed by atoms with Crippen LogP contribution < -0.4 is 5.32 Å². The van der Waals surface area contributed by atoms with Gasteiger partial charge in [-0.1, -0.05) is 24.3 Å². The molecule has 14 heavy (non-hydrogen) atoms. The molecule has 1 aromatic rings. The van der Waals surface area contributed by atoms with Gasteiger partial charge in [0.25, 0.3) is 0 Å². The minimum absolute atomic E-state index is 0.238. The third-order valence-corrected chi connectivity index (χ3v) is 1.94. The predicted octanol–water partition coefficient (Wildman–Crippen LogP) is 1.37. The van der Waals surface area contributed by atoms with Crippen LogP contribution in [0.2, 0.25) is 0 Å². The molecule has 1 rings (SSSR count). The lowest BCUT2D eigenvalue weighted by Crippen LogP contribution is -2.10. The zero-order valence-electron chi connectivity index (χ0n) is 7.86. The average Bonchev–Trinajstić information content (AvgIpc) is 2.20. The number of para-hydroxylation sites is 1. The average molecular weight is 191 g/mol. The lowest BCUT2D eigenvalue weighted by molar-refractivity contribution is -0.109. The van der Waals surface area contributed by atoms with Crippen LogP contribution >= 0.6 is 0 Å². The maximum atomic E-state index is 10.1. The van der Waals surface area contributed by atoms with Gasteiger partial charge < -0.3 is 10.4 Å².